The molecule has 0 heterocycles. The highest BCUT2D eigenvalue weighted by atomic mass is 32.2. The Morgan fingerprint density at radius 3 is 2.53 bits per heavy atom. The first-order chi connectivity index (χ1) is 7.81. The number of hydrogen-bond acceptors (Lipinski definition) is 4. The number of nitrogens with one attached hydrogen (secondary N) is 2. The lowest BCUT2D eigenvalue weighted by molar-refractivity contribution is 0.415. The second-order valence-electron chi connectivity index (χ2n) is 3.27. The van der Waals surface area contributed by atoms with Crippen LogP contribution in [0.15, 0.2) is 18.2 Å². The molecule has 0 unspecified atom stereocenters. The first-order valence-corrected chi connectivity index (χ1v) is 6.84. The number of methoxy groups -OCH3 is 1. The number of hydrogen-bond donors (Lipinski definition) is 3. The molecule has 0 atom stereocenters. The Labute approximate surface area is 105 Å². The van der Waals surface area contributed by atoms with Gasteiger partial charge in [0.25, 0.3) is 0 Å². The molecule has 17 heavy (non-hydrogen) atoms. The molecule has 6 nitrogen and oxygen atoms in total. The van der Waals surface area contributed by atoms with E-state index in [9.17, 15) is 8.42 Å². The highest BCUT2D eigenvalue weighted by Gasteiger charge is 2.09. The number of ether oxygens (including phenoxy) is 1. The Balaban J connectivity index is 3.14. The molecule has 94 valence electrons. The van der Waals surface area contributed by atoms with Crippen molar-refractivity contribution in [3.05, 3.63) is 18.2 Å². The zero-order valence-corrected chi connectivity index (χ0v) is 11.0. The molecule has 0 radical (unpaired) electrons. The standard InChI is InChI=1S/C9H13N3O3S2/c1-15-6-3-4-7(12-17(2,13)14)8(5-6)11-9(10)16/h3-5,12H,1-2H3,(H3,10,11,16). The average molecular weight is 275 g/mol. The Hall–Kier alpha value is -1.54. The van der Waals surface area contributed by atoms with E-state index in [1.807, 2.05) is 0 Å². The molecular weight excluding hydrogens is 262 g/mol. The van der Waals surface area contributed by atoms with Crippen molar-refractivity contribution >= 4 is 38.7 Å². The molecule has 8 heteroatoms. The van der Waals surface area contributed by atoms with Gasteiger partial charge in [0.2, 0.25) is 10.0 Å². The van der Waals surface area contributed by atoms with Gasteiger partial charge in [0, 0.05) is 6.07 Å². The van der Waals surface area contributed by atoms with Gasteiger partial charge in [-0.3, -0.25) is 4.72 Å². The summed E-state index contributed by atoms with van der Waals surface area (Å²) in [6, 6.07) is 4.77. The van der Waals surface area contributed by atoms with Crippen LogP contribution in [0.2, 0.25) is 0 Å². The van der Waals surface area contributed by atoms with E-state index < -0.39 is 10.0 Å². The van der Waals surface area contributed by atoms with E-state index in [0.717, 1.165) is 6.26 Å². The van der Waals surface area contributed by atoms with Gasteiger partial charge in [-0.15, -0.1) is 0 Å². The predicted molar refractivity (Wildman–Crippen MR) is 71.9 cm³/mol. The quantitative estimate of drug-likeness (QED) is 0.701. The minimum Gasteiger partial charge on any atom is -0.497 e. The van der Waals surface area contributed by atoms with Crippen molar-refractivity contribution in [3.63, 3.8) is 0 Å². The van der Waals surface area contributed by atoms with Crippen LogP contribution in [0.5, 0.6) is 5.75 Å². The molecule has 0 spiro atoms. The maximum Gasteiger partial charge on any atom is 0.229 e. The minimum absolute atomic E-state index is 0.0369. The number of benzene rings is 1. The van der Waals surface area contributed by atoms with Crippen LogP contribution in [0, 0.1) is 0 Å². The fourth-order valence-corrected chi connectivity index (χ4v) is 1.86. The van der Waals surface area contributed by atoms with Crippen LogP contribution in [0.3, 0.4) is 0 Å². The van der Waals surface area contributed by atoms with Gasteiger partial charge in [-0.25, -0.2) is 8.42 Å². The van der Waals surface area contributed by atoms with Crippen molar-refractivity contribution in [1.29, 1.82) is 0 Å². The van der Waals surface area contributed by atoms with Crippen LogP contribution < -0.4 is 20.5 Å². The molecule has 0 saturated carbocycles. The normalized spacial score (nSPS) is 10.7. The monoisotopic (exact) mass is 275 g/mol. The molecule has 4 N–H and O–H groups in total. The van der Waals surface area contributed by atoms with Crippen molar-refractivity contribution < 1.29 is 13.2 Å². The summed E-state index contributed by atoms with van der Waals surface area (Å²) in [5, 5.41) is 2.71. The van der Waals surface area contributed by atoms with Crippen molar-refractivity contribution in [2.24, 2.45) is 5.73 Å². The molecule has 0 fully saturated rings. The minimum atomic E-state index is -3.37. The second-order valence-corrected chi connectivity index (χ2v) is 5.46. The lowest BCUT2D eigenvalue weighted by atomic mass is 10.2. The molecule has 0 bridgehead atoms. The van der Waals surface area contributed by atoms with Gasteiger partial charge in [0.1, 0.15) is 5.75 Å². The van der Waals surface area contributed by atoms with Crippen LogP contribution in [0.1, 0.15) is 0 Å². The van der Waals surface area contributed by atoms with Gasteiger partial charge in [0.15, 0.2) is 5.11 Å². The summed E-state index contributed by atoms with van der Waals surface area (Å²) < 4.78 is 29.7. The van der Waals surface area contributed by atoms with E-state index in [4.69, 9.17) is 22.7 Å². The second kappa shape index (κ2) is 5.19. The molecular formula is C9H13N3O3S2. The topological polar surface area (TPSA) is 93.4 Å². The highest BCUT2D eigenvalue weighted by molar-refractivity contribution is 7.92. The smallest absolute Gasteiger partial charge is 0.229 e. The van der Waals surface area contributed by atoms with E-state index in [1.165, 1.54) is 7.11 Å². The molecule has 0 aliphatic heterocycles. The summed E-state index contributed by atoms with van der Waals surface area (Å²) in [7, 11) is -1.87. The molecule has 0 aromatic heterocycles. The highest BCUT2D eigenvalue weighted by Crippen LogP contribution is 2.27. The lowest BCUT2D eigenvalue weighted by Gasteiger charge is -2.13. The Bertz CT molecular complexity index is 528. The van der Waals surface area contributed by atoms with Gasteiger partial charge in [-0.1, -0.05) is 0 Å². The van der Waals surface area contributed by atoms with Crippen molar-refractivity contribution in [1.82, 2.24) is 0 Å². The molecule has 0 aliphatic carbocycles. The summed E-state index contributed by atoms with van der Waals surface area (Å²) in [5.74, 6) is 0.558. The fourth-order valence-electron chi connectivity index (χ4n) is 1.18. The number of anilines is 2. The number of thiocarbonyl (C=S) groups is 1. The number of sulfonamides is 1. The third kappa shape index (κ3) is 4.45. The summed E-state index contributed by atoms with van der Waals surface area (Å²) in [4.78, 5) is 0. The van der Waals surface area contributed by atoms with Crippen molar-refractivity contribution in [2.75, 3.05) is 23.4 Å². The summed E-state index contributed by atoms with van der Waals surface area (Å²) >= 11 is 4.71. The van der Waals surface area contributed by atoms with Gasteiger partial charge >= 0.3 is 0 Å². The third-order valence-corrected chi connectivity index (χ3v) is 2.47. The molecule has 1 aromatic carbocycles. The Morgan fingerprint density at radius 1 is 1.41 bits per heavy atom. The van der Waals surface area contributed by atoms with Gasteiger partial charge in [-0.05, 0) is 24.4 Å². The van der Waals surface area contributed by atoms with E-state index in [1.54, 1.807) is 18.2 Å². The average Bonchev–Trinajstić information content (AvgIpc) is 2.17. The molecule has 1 rings (SSSR count). The van der Waals surface area contributed by atoms with E-state index in [-0.39, 0.29) is 5.11 Å². The van der Waals surface area contributed by atoms with Crippen LogP contribution in [0.25, 0.3) is 0 Å². The Morgan fingerprint density at radius 2 is 2.06 bits per heavy atom. The van der Waals surface area contributed by atoms with Crippen LogP contribution in [0.4, 0.5) is 11.4 Å². The third-order valence-electron chi connectivity index (χ3n) is 1.78. The summed E-state index contributed by atoms with van der Waals surface area (Å²) in [5.41, 5.74) is 6.13. The molecule has 1 aromatic rings. The summed E-state index contributed by atoms with van der Waals surface area (Å²) in [6.07, 6.45) is 1.06. The maximum absolute atomic E-state index is 11.2. The van der Waals surface area contributed by atoms with Crippen LogP contribution in [-0.2, 0) is 10.0 Å². The first kappa shape index (κ1) is 13.5. The van der Waals surface area contributed by atoms with Gasteiger partial charge in [0.05, 0.1) is 24.7 Å². The van der Waals surface area contributed by atoms with E-state index in [0.29, 0.717) is 17.1 Å². The zero-order valence-electron chi connectivity index (χ0n) is 9.35. The van der Waals surface area contributed by atoms with Crippen molar-refractivity contribution in [3.8, 4) is 5.75 Å². The molecule has 0 aliphatic rings. The predicted octanol–water partition coefficient (Wildman–Crippen LogP) is 0.722. The molecule has 0 saturated heterocycles. The first-order valence-electron chi connectivity index (χ1n) is 4.54. The lowest BCUT2D eigenvalue weighted by Crippen LogP contribution is -2.20. The number of nitrogens with two attached hydrogens (primary N) is 1. The largest absolute Gasteiger partial charge is 0.497 e. The fraction of sp³-hybridized carbons (Fsp3) is 0.222. The zero-order chi connectivity index (χ0) is 13.1. The molecule has 0 amide bonds. The van der Waals surface area contributed by atoms with Crippen LogP contribution in [-0.4, -0.2) is 26.9 Å². The Kier molecular flexibility index (Phi) is 4.13. The van der Waals surface area contributed by atoms with Gasteiger partial charge in [-0.2, -0.15) is 0 Å². The van der Waals surface area contributed by atoms with Gasteiger partial charge < -0.3 is 15.8 Å². The SMILES string of the molecule is COc1ccc(NS(C)(=O)=O)c(NC(N)=S)c1. The number of rotatable bonds is 4. The van der Waals surface area contributed by atoms with E-state index >= 15 is 0 Å². The maximum atomic E-state index is 11.2. The van der Waals surface area contributed by atoms with Crippen LogP contribution >= 0.6 is 12.2 Å². The summed E-state index contributed by atoms with van der Waals surface area (Å²) in [6.45, 7) is 0. The van der Waals surface area contributed by atoms with E-state index in [2.05, 4.69) is 10.0 Å². The van der Waals surface area contributed by atoms with Crippen molar-refractivity contribution in [2.45, 2.75) is 0 Å².